The van der Waals surface area contributed by atoms with Crippen molar-refractivity contribution in [3.8, 4) is 5.75 Å². The zero-order chi connectivity index (χ0) is 31.5. The first-order valence-corrected chi connectivity index (χ1v) is 17.5. The molecule has 0 spiro atoms. The molecule has 0 amide bonds. The summed E-state index contributed by atoms with van der Waals surface area (Å²) in [7, 11) is -3.56. The zero-order valence-electron chi connectivity index (χ0n) is 25.6. The number of ether oxygens (including phenoxy) is 1. The molecule has 2 aromatic rings. The molecule has 3 aliphatic heterocycles. The van der Waals surface area contributed by atoms with Crippen LogP contribution < -0.4 is 26.4 Å². The summed E-state index contributed by atoms with van der Waals surface area (Å²) in [5.74, 6) is -0.300. The molecule has 3 heterocycles. The molecule has 0 bridgehead atoms. The number of sulfone groups is 1. The van der Waals surface area contributed by atoms with Gasteiger partial charge in [0.1, 0.15) is 30.9 Å². The minimum absolute atomic E-state index is 0.133. The Balaban J connectivity index is 1.64. The Morgan fingerprint density at radius 3 is 2.39 bits per heavy atom. The molecule has 44 heavy (non-hydrogen) atoms. The van der Waals surface area contributed by atoms with Crippen molar-refractivity contribution in [2.24, 2.45) is 10.7 Å². The standard InChI is InChI=1S/C31H42ClN7O4S/c1-22(2)43-26-20-23(21-40)14-15-24(26)35-30-36-29(34-25-12-6-7-13-27(25)44(3,41)42)28(32)31(33,37-30)39(18-10-5-11-19-39)38-16-8-4-9-17-38/h6-7,12-15,20-22,34H,4-5,8-11,16-19,33H2,1-3H3,(H-,35,36,37,40)/p+1. The highest BCUT2D eigenvalue weighted by Crippen LogP contribution is 2.42. The first kappa shape index (κ1) is 32.2. The number of hydrogen-bond donors (Lipinski definition) is 4. The molecule has 13 heteroatoms. The first-order valence-electron chi connectivity index (χ1n) is 15.2. The Hall–Kier alpha value is -3.16. The number of carbonyl (C=O) groups is 1. The van der Waals surface area contributed by atoms with Gasteiger partial charge in [-0.2, -0.15) is 10.0 Å². The van der Waals surface area contributed by atoms with E-state index in [4.69, 9.17) is 27.1 Å². The van der Waals surface area contributed by atoms with Crippen LogP contribution in [0.4, 0.5) is 11.4 Å². The van der Waals surface area contributed by atoms with E-state index in [1.165, 1.54) is 12.7 Å². The number of para-hydroxylation sites is 1. The van der Waals surface area contributed by atoms with Gasteiger partial charge in [0.25, 0.3) is 0 Å². The first-order chi connectivity index (χ1) is 21.0. The molecule has 1 atom stereocenters. The summed E-state index contributed by atoms with van der Waals surface area (Å²) in [6, 6.07) is 11.8. The number of benzene rings is 2. The van der Waals surface area contributed by atoms with Crippen LogP contribution in [0, 0.1) is 0 Å². The number of halogens is 1. The largest absolute Gasteiger partial charge is 0.489 e. The van der Waals surface area contributed by atoms with Crippen molar-refractivity contribution in [1.29, 1.82) is 0 Å². The highest BCUT2D eigenvalue weighted by molar-refractivity contribution is 7.90. The third-order valence-corrected chi connectivity index (χ3v) is 10.1. The van der Waals surface area contributed by atoms with E-state index in [1.54, 1.807) is 42.5 Å². The zero-order valence-corrected chi connectivity index (χ0v) is 27.2. The lowest BCUT2D eigenvalue weighted by molar-refractivity contribution is -1.07. The number of hydrogen-bond acceptors (Lipinski definition) is 10. The summed E-state index contributed by atoms with van der Waals surface area (Å²) < 4.78 is 31.8. The number of rotatable bonds is 9. The normalized spacial score (nSPS) is 22.6. The molecule has 2 aromatic carbocycles. The molecule has 5 rings (SSSR count). The van der Waals surface area contributed by atoms with E-state index in [-0.39, 0.29) is 16.0 Å². The number of likely N-dealkylation sites (tertiary alicyclic amines) is 1. The van der Waals surface area contributed by atoms with E-state index >= 15 is 0 Å². The van der Waals surface area contributed by atoms with Gasteiger partial charge >= 0.3 is 5.79 Å². The molecule has 0 aliphatic carbocycles. The number of piperidine rings is 2. The maximum Gasteiger partial charge on any atom is 0.310 e. The number of anilines is 2. The van der Waals surface area contributed by atoms with Crippen molar-refractivity contribution >= 4 is 45.1 Å². The van der Waals surface area contributed by atoms with Gasteiger partial charge in [-0.05, 0) is 76.3 Å². The highest BCUT2D eigenvalue weighted by Gasteiger charge is 2.58. The van der Waals surface area contributed by atoms with Gasteiger partial charge in [-0.15, -0.1) is 0 Å². The van der Waals surface area contributed by atoms with Crippen molar-refractivity contribution in [3.63, 3.8) is 0 Å². The van der Waals surface area contributed by atoms with Gasteiger partial charge in [-0.1, -0.05) is 30.2 Å². The van der Waals surface area contributed by atoms with E-state index in [0.29, 0.717) is 39.1 Å². The number of nitrogens with two attached hydrogens (primary N) is 1. The van der Waals surface area contributed by atoms with Gasteiger partial charge < -0.3 is 20.7 Å². The maximum atomic E-state index is 12.7. The Bertz CT molecular complexity index is 1550. The highest BCUT2D eigenvalue weighted by atomic mass is 35.5. The van der Waals surface area contributed by atoms with Crippen LogP contribution in [0.15, 0.2) is 63.2 Å². The van der Waals surface area contributed by atoms with Crippen LogP contribution in [0.2, 0.25) is 0 Å². The molecule has 0 aromatic heterocycles. The average Bonchev–Trinajstić information content (AvgIpc) is 3.00. The molecular weight excluding hydrogens is 602 g/mol. The smallest absolute Gasteiger partial charge is 0.310 e. The molecule has 238 valence electrons. The summed E-state index contributed by atoms with van der Waals surface area (Å²) in [5.41, 5.74) is 8.87. The lowest BCUT2D eigenvalue weighted by atomic mass is 10.0. The summed E-state index contributed by atoms with van der Waals surface area (Å²) in [6.07, 6.45) is 8.15. The van der Waals surface area contributed by atoms with Crippen LogP contribution >= 0.6 is 11.6 Å². The van der Waals surface area contributed by atoms with E-state index in [9.17, 15) is 13.2 Å². The SMILES string of the molecule is CC(C)Oc1cc(C=O)ccc1NC1=NC(N)([N+]2(N3CCCCC3)CCCCC2)C(Cl)=C(Nc2ccccc2S(C)(=O)=O)N1. The fourth-order valence-corrected chi connectivity index (χ4v) is 7.52. The maximum absolute atomic E-state index is 12.7. The van der Waals surface area contributed by atoms with E-state index < -0.39 is 15.6 Å². The second-order valence-electron chi connectivity index (χ2n) is 12.0. The molecule has 1 unspecified atom stereocenters. The van der Waals surface area contributed by atoms with Crippen molar-refractivity contribution in [2.75, 3.05) is 43.1 Å². The van der Waals surface area contributed by atoms with Gasteiger partial charge in [0.2, 0.25) is 5.96 Å². The summed E-state index contributed by atoms with van der Waals surface area (Å²) in [6.45, 7) is 7.12. The topological polar surface area (TPSA) is 138 Å². The number of nitrogens with zero attached hydrogens (tertiary/aromatic N) is 3. The molecule has 2 saturated heterocycles. The van der Waals surface area contributed by atoms with Gasteiger partial charge in [0.15, 0.2) is 14.9 Å². The monoisotopic (exact) mass is 644 g/mol. The summed E-state index contributed by atoms with van der Waals surface area (Å²) >= 11 is 7.30. The van der Waals surface area contributed by atoms with Crippen molar-refractivity contribution in [1.82, 2.24) is 10.3 Å². The Kier molecular flexibility index (Phi) is 9.57. The number of quaternary nitrogens is 1. The Morgan fingerprint density at radius 2 is 1.73 bits per heavy atom. The van der Waals surface area contributed by atoms with Crippen molar-refractivity contribution in [3.05, 3.63) is 58.9 Å². The molecule has 5 N–H and O–H groups in total. The molecule has 3 aliphatic rings. The Labute approximate surface area is 265 Å². The lowest BCUT2D eigenvalue weighted by Crippen LogP contribution is -2.78. The molecule has 11 nitrogen and oxygen atoms in total. The van der Waals surface area contributed by atoms with Gasteiger partial charge in [0.05, 0.1) is 22.4 Å². The number of guanidine groups is 1. The van der Waals surface area contributed by atoms with Crippen LogP contribution in [0.3, 0.4) is 0 Å². The third-order valence-electron chi connectivity index (χ3n) is 8.44. The number of aldehydes is 1. The third kappa shape index (κ3) is 6.45. The fraction of sp³-hybridized carbons (Fsp3) is 0.484. The van der Waals surface area contributed by atoms with Crippen LogP contribution in [-0.2, 0) is 9.84 Å². The van der Waals surface area contributed by atoms with Crippen LogP contribution in [0.25, 0.3) is 0 Å². The molecule has 2 fully saturated rings. The Morgan fingerprint density at radius 1 is 1.05 bits per heavy atom. The number of carbonyl (C=O) groups excluding carboxylic acids is 1. The number of aliphatic imine (C=N–C) groups is 1. The second kappa shape index (κ2) is 13.1. The van der Waals surface area contributed by atoms with Crippen molar-refractivity contribution < 1.29 is 22.5 Å². The second-order valence-corrected chi connectivity index (χ2v) is 14.4. The number of nitrogens with one attached hydrogen (secondary N) is 3. The fourth-order valence-electron chi connectivity index (χ4n) is 6.38. The van der Waals surface area contributed by atoms with Crippen LogP contribution in [-0.4, -0.2) is 74.6 Å². The van der Waals surface area contributed by atoms with Crippen LogP contribution in [0.5, 0.6) is 5.75 Å². The van der Waals surface area contributed by atoms with Gasteiger partial charge in [0, 0.05) is 24.9 Å². The van der Waals surface area contributed by atoms with Crippen molar-refractivity contribution in [2.45, 2.75) is 69.2 Å². The lowest BCUT2D eigenvalue weighted by Gasteiger charge is -2.56. The van der Waals surface area contributed by atoms with E-state index in [1.807, 2.05) is 13.8 Å². The van der Waals surface area contributed by atoms with Crippen LogP contribution in [0.1, 0.15) is 62.7 Å². The summed E-state index contributed by atoms with van der Waals surface area (Å²) in [5, 5.41) is 12.5. The van der Waals surface area contributed by atoms with E-state index in [2.05, 4.69) is 21.0 Å². The average molecular weight is 645 g/mol. The van der Waals surface area contributed by atoms with E-state index in [0.717, 1.165) is 64.6 Å². The predicted molar refractivity (Wildman–Crippen MR) is 174 cm³/mol. The van der Waals surface area contributed by atoms with Gasteiger partial charge in [-0.25, -0.2) is 13.0 Å². The molecule has 0 radical (unpaired) electrons. The van der Waals surface area contributed by atoms with Gasteiger partial charge in [-0.3, -0.25) is 10.5 Å². The quantitative estimate of drug-likeness (QED) is 0.228. The summed E-state index contributed by atoms with van der Waals surface area (Å²) in [4.78, 5) is 16.8. The molecule has 0 saturated carbocycles. The minimum atomic E-state index is -3.56. The minimum Gasteiger partial charge on any atom is -0.489 e. The molecular formula is C31H43ClN7O4S+. The predicted octanol–water partition coefficient (Wildman–Crippen LogP) is 4.60.